The van der Waals surface area contributed by atoms with Gasteiger partial charge >= 0.3 is 0 Å². The van der Waals surface area contributed by atoms with E-state index in [9.17, 15) is 14.9 Å². The van der Waals surface area contributed by atoms with Gasteiger partial charge in [-0.25, -0.2) is 0 Å². The van der Waals surface area contributed by atoms with Crippen LogP contribution in [-0.4, -0.2) is 10.8 Å². The van der Waals surface area contributed by atoms with Crippen molar-refractivity contribution >= 4 is 33.2 Å². The Morgan fingerprint density at radius 1 is 1.41 bits per heavy atom. The summed E-state index contributed by atoms with van der Waals surface area (Å²) in [7, 11) is 0. The summed E-state index contributed by atoms with van der Waals surface area (Å²) >= 11 is 3.27. The molecule has 1 aliphatic heterocycles. The van der Waals surface area contributed by atoms with Crippen molar-refractivity contribution in [1.82, 2.24) is 0 Å². The fourth-order valence-corrected chi connectivity index (χ4v) is 3.07. The van der Waals surface area contributed by atoms with Crippen molar-refractivity contribution in [2.45, 2.75) is 24.7 Å². The van der Waals surface area contributed by atoms with Crippen LogP contribution in [0, 0.1) is 10.1 Å². The van der Waals surface area contributed by atoms with Crippen LogP contribution in [0.1, 0.15) is 24.8 Å². The van der Waals surface area contributed by atoms with Gasteiger partial charge in [-0.2, -0.15) is 0 Å². The van der Waals surface area contributed by atoms with E-state index in [4.69, 9.17) is 0 Å². The van der Waals surface area contributed by atoms with Crippen LogP contribution in [0.25, 0.3) is 0 Å². The summed E-state index contributed by atoms with van der Waals surface area (Å²) in [5.74, 6) is -0.0973. The quantitative estimate of drug-likeness (QED) is 0.640. The third-order valence-electron chi connectivity index (χ3n) is 3.67. The zero-order valence-electron chi connectivity index (χ0n) is 8.83. The topological polar surface area (TPSA) is 72.2 Å². The van der Waals surface area contributed by atoms with Crippen LogP contribution in [0.4, 0.5) is 11.4 Å². The number of nitro groups is 1. The molecule has 1 heterocycles. The predicted molar refractivity (Wildman–Crippen MR) is 65.0 cm³/mol. The number of amides is 1. The summed E-state index contributed by atoms with van der Waals surface area (Å²) in [5.41, 5.74) is 0.605. The zero-order valence-corrected chi connectivity index (χ0v) is 10.4. The first-order chi connectivity index (χ1) is 8.04. The summed E-state index contributed by atoms with van der Waals surface area (Å²) in [6.45, 7) is 0. The van der Waals surface area contributed by atoms with Crippen molar-refractivity contribution < 1.29 is 9.72 Å². The number of fused-ring (bicyclic) bond motifs is 2. The smallest absolute Gasteiger partial charge is 0.294 e. The molecule has 6 heteroatoms. The average molecular weight is 297 g/mol. The van der Waals surface area contributed by atoms with Crippen molar-refractivity contribution in [3.8, 4) is 0 Å². The lowest BCUT2D eigenvalue weighted by molar-refractivity contribution is -0.384. The Balaban J connectivity index is 2.25. The van der Waals surface area contributed by atoms with Crippen molar-refractivity contribution in [3.05, 3.63) is 32.3 Å². The lowest BCUT2D eigenvalue weighted by Crippen LogP contribution is -2.40. The van der Waals surface area contributed by atoms with Crippen LogP contribution in [0.3, 0.4) is 0 Å². The summed E-state index contributed by atoms with van der Waals surface area (Å²) in [4.78, 5) is 22.5. The number of nitro benzene ring substituents is 1. The number of nitrogens with zero attached hydrogens (tertiary/aromatic N) is 1. The second-order valence-electron chi connectivity index (χ2n) is 4.49. The molecule has 0 saturated heterocycles. The lowest BCUT2D eigenvalue weighted by atomic mass is 9.65. The van der Waals surface area contributed by atoms with Gasteiger partial charge in [-0.05, 0) is 24.5 Å². The molecular formula is C11H9BrN2O3. The number of hydrogen-bond acceptors (Lipinski definition) is 3. The van der Waals surface area contributed by atoms with E-state index in [-0.39, 0.29) is 11.6 Å². The molecule has 1 saturated carbocycles. The molecule has 17 heavy (non-hydrogen) atoms. The summed E-state index contributed by atoms with van der Waals surface area (Å²) in [6.07, 6.45) is 2.55. The third-order valence-corrected chi connectivity index (χ3v) is 4.13. The molecule has 1 N–H and O–H groups in total. The number of anilines is 1. The third kappa shape index (κ3) is 1.27. The number of benzene rings is 1. The highest BCUT2D eigenvalue weighted by Crippen LogP contribution is 2.54. The van der Waals surface area contributed by atoms with Gasteiger partial charge in [0.05, 0.1) is 10.3 Å². The lowest BCUT2D eigenvalue weighted by Gasteiger charge is -2.35. The van der Waals surface area contributed by atoms with E-state index in [1.807, 2.05) is 6.07 Å². The van der Waals surface area contributed by atoms with E-state index in [0.717, 1.165) is 24.8 Å². The van der Waals surface area contributed by atoms with Gasteiger partial charge in [-0.1, -0.05) is 22.4 Å². The minimum absolute atomic E-state index is 0.0356. The molecule has 1 fully saturated rings. The number of hydrogen-bond donors (Lipinski definition) is 1. The maximum absolute atomic E-state index is 12.0. The van der Waals surface area contributed by atoms with E-state index < -0.39 is 10.3 Å². The molecular weight excluding hydrogens is 288 g/mol. The molecule has 0 radical (unpaired) electrons. The van der Waals surface area contributed by atoms with Gasteiger partial charge in [0, 0.05) is 10.5 Å². The summed E-state index contributed by atoms with van der Waals surface area (Å²) in [5, 5.41) is 13.6. The Morgan fingerprint density at radius 3 is 2.65 bits per heavy atom. The van der Waals surface area contributed by atoms with Gasteiger partial charge in [0.15, 0.2) is 0 Å². The van der Waals surface area contributed by atoms with Crippen LogP contribution in [0.2, 0.25) is 0 Å². The number of carbonyl (C=O) groups is 1. The Morgan fingerprint density at radius 2 is 2.12 bits per heavy atom. The predicted octanol–water partition coefficient (Wildman–Crippen LogP) is 2.73. The molecule has 2 aliphatic rings. The Kier molecular flexibility index (Phi) is 2.07. The standard InChI is InChI=1S/C11H9BrN2O3/c12-6-4-7-9(8(5-6)14(16)17)13-10(15)11(7)2-1-3-11/h4-5H,1-3H2,(H,13,15). The fraction of sp³-hybridized carbons (Fsp3) is 0.364. The zero-order chi connectivity index (χ0) is 12.2. The SMILES string of the molecule is O=C1Nc2c([N+](=O)[O-])cc(Br)cc2C12CCC2. The Hall–Kier alpha value is -1.43. The second-order valence-corrected chi connectivity index (χ2v) is 5.41. The van der Waals surface area contributed by atoms with Crippen LogP contribution in [-0.2, 0) is 10.2 Å². The monoisotopic (exact) mass is 296 g/mol. The minimum Gasteiger partial charge on any atom is -0.319 e. The first-order valence-corrected chi connectivity index (χ1v) is 6.14. The number of carbonyl (C=O) groups excluding carboxylic acids is 1. The number of nitrogens with one attached hydrogen (secondary N) is 1. The maximum Gasteiger partial charge on any atom is 0.294 e. The van der Waals surface area contributed by atoms with Crippen molar-refractivity contribution in [2.24, 2.45) is 0 Å². The van der Waals surface area contributed by atoms with E-state index in [2.05, 4.69) is 21.2 Å². The molecule has 1 amide bonds. The van der Waals surface area contributed by atoms with Crippen LogP contribution < -0.4 is 5.32 Å². The molecule has 1 spiro atoms. The maximum atomic E-state index is 12.0. The average Bonchev–Trinajstić information content (AvgIpc) is 2.48. The van der Waals surface area contributed by atoms with Gasteiger partial charge in [0.25, 0.3) is 5.69 Å². The van der Waals surface area contributed by atoms with Gasteiger partial charge < -0.3 is 5.32 Å². The highest BCUT2D eigenvalue weighted by atomic mass is 79.9. The number of rotatable bonds is 1. The molecule has 5 nitrogen and oxygen atoms in total. The first-order valence-electron chi connectivity index (χ1n) is 5.34. The molecule has 0 aromatic heterocycles. The van der Waals surface area contributed by atoms with Gasteiger partial charge in [0.2, 0.25) is 5.91 Å². The molecule has 88 valence electrons. The molecule has 1 aliphatic carbocycles. The van der Waals surface area contributed by atoms with Crippen LogP contribution in [0.5, 0.6) is 0 Å². The second kappa shape index (κ2) is 3.29. The first kappa shape index (κ1) is 10.7. The highest BCUT2D eigenvalue weighted by Gasteiger charge is 2.53. The van der Waals surface area contributed by atoms with Gasteiger partial charge in [-0.15, -0.1) is 0 Å². The van der Waals surface area contributed by atoms with Crippen LogP contribution in [0.15, 0.2) is 16.6 Å². The Bertz CT molecular complexity index is 552. The van der Waals surface area contributed by atoms with E-state index in [0.29, 0.717) is 10.2 Å². The number of halogens is 1. The molecule has 1 aromatic carbocycles. The molecule has 0 unspecified atom stereocenters. The van der Waals surface area contributed by atoms with E-state index in [1.54, 1.807) is 0 Å². The highest BCUT2D eigenvalue weighted by molar-refractivity contribution is 9.10. The largest absolute Gasteiger partial charge is 0.319 e. The molecule has 0 bridgehead atoms. The summed E-state index contributed by atoms with van der Waals surface area (Å²) in [6, 6.07) is 3.25. The van der Waals surface area contributed by atoms with Crippen molar-refractivity contribution in [3.63, 3.8) is 0 Å². The van der Waals surface area contributed by atoms with Crippen molar-refractivity contribution in [2.75, 3.05) is 5.32 Å². The molecule has 1 aromatic rings. The van der Waals surface area contributed by atoms with E-state index >= 15 is 0 Å². The van der Waals surface area contributed by atoms with Gasteiger partial charge in [0.1, 0.15) is 5.69 Å². The van der Waals surface area contributed by atoms with Gasteiger partial charge in [-0.3, -0.25) is 14.9 Å². The van der Waals surface area contributed by atoms with Crippen molar-refractivity contribution in [1.29, 1.82) is 0 Å². The fourth-order valence-electron chi connectivity index (χ4n) is 2.63. The normalized spacial score (nSPS) is 19.7. The van der Waals surface area contributed by atoms with E-state index in [1.165, 1.54) is 6.07 Å². The minimum atomic E-state index is -0.510. The molecule has 0 atom stereocenters. The Labute approximate surface area is 105 Å². The van der Waals surface area contributed by atoms with Crippen LogP contribution >= 0.6 is 15.9 Å². The summed E-state index contributed by atoms with van der Waals surface area (Å²) < 4.78 is 0.644. The molecule has 3 rings (SSSR count).